The fourth-order valence-corrected chi connectivity index (χ4v) is 6.88. The topological polar surface area (TPSA) is 13.1 Å². The molecule has 0 saturated carbocycles. The maximum absolute atomic E-state index is 9.65. The summed E-state index contributed by atoms with van der Waals surface area (Å²) in [7, 11) is 0. The van der Waals surface area contributed by atoms with Crippen molar-refractivity contribution in [3.05, 3.63) is 182 Å². The fourth-order valence-electron chi connectivity index (χ4n) is 6.88. The van der Waals surface area contributed by atoms with Crippen molar-refractivity contribution in [2.45, 2.75) is 0 Å². The van der Waals surface area contributed by atoms with Crippen molar-refractivity contribution in [1.82, 2.24) is 0 Å². The van der Waals surface area contributed by atoms with Gasteiger partial charge in [0.25, 0.3) is 0 Å². The van der Waals surface area contributed by atoms with Gasteiger partial charge in [-0.15, -0.1) is 0 Å². The number of rotatable bonds is 4. The van der Waals surface area contributed by atoms with Gasteiger partial charge in [0.1, 0.15) is 11.3 Å². The minimum absolute atomic E-state index is 0.00903. The summed E-state index contributed by atoms with van der Waals surface area (Å²) < 4.78 is 168. The summed E-state index contributed by atoms with van der Waals surface area (Å²) in [5, 5.41) is 1.63. The zero-order valence-electron chi connectivity index (χ0n) is 43.3. The van der Waals surface area contributed by atoms with Gasteiger partial charge in [-0.2, -0.15) is 0 Å². The molecule has 0 fully saturated rings. The van der Waals surface area contributed by atoms with Crippen LogP contribution in [0.25, 0.3) is 98.8 Å². The van der Waals surface area contributed by atoms with E-state index in [-0.39, 0.29) is 49.8 Å². The number of para-hydroxylation sites is 1. The van der Waals surface area contributed by atoms with Gasteiger partial charge in [0.2, 0.25) is 0 Å². The molecule has 1 heterocycles. The van der Waals surface area contributed by atoms with Crippen LogP contribution in [0.2, 0.25) is 0 Å². The zero-order chi connectivity index (χ0) is 48.0. The van der Waals surface area contributed by atoms with Crippen LogP contribution in [0.5, 0.6) is 0 Å². The van der Waals surface area contributed by atoms with Crippen LogP contribution in [-0.2, 0) is 0 Å². The Kier molecular flexibility index (Phi) is 3.43. The standard InChI is InChI=1S/C48H30O/c1-3-16-31(17-4-1)35-28-15-29-42-46(48(49-47(35)42)43-30-33-20-7-8-21-34(33)36-22-9-10-23-37(36)43)45-40-26-13-11-24-38(40)44(32-18-5-2-6-19-32)39-25-12-14-27-41(39)45/h1-30H/i1D,2D,3D,4D,5D,6D,11D,12D,13D,14D,16D,17D,18D,19D,24D,25D,26D,27D. The molecule has 9 aromatic carbocycles. The molecule has 1 nitrogen and oxygen atoms in total. The van der Waals surface area contributed by atoms with Gasteiger partial charge < -0.3 is 4.42 Å². The summed E-state index contributed by atoms with van der Waals surface area (Å²) in [6.07, 6.45) is 0. The summed E-state index contributed by atoms with van der Waals surface area (Å²) in [5.74, 6) is 0.00903. The molecule has 0 saturated heterocycles. The van der Waals surface area contributed by atoms with Crippen LogP contribution in [0.3, 0.4) is 0 Å². The van der Waals surface area contributed by atoms with Crippen LogP contribution in [-0.4, -0.2) is 0 Å². The van der Waals surface area contributed by atoms with Crippen molar-refractivity contribution in [3.63, 3.8) is 0 Å². The smallest absolute Gasteiger partial charge is 0.143 e. The molecule has 0 aliphatic rings. The van der Waals surface area contributed by atoms with Crippen LogP contribution >= 0.6 is 0 Å². The molecule has 10 aromatic rings. The molecule has 10 rings (SSSR count). The molecular formula is C48H30O. The fraction of sp³-hybridized carbons (Fsp3) is 0. The lowest BCUT2D eigenvalue weighted by Gasteiger charge is -2.18. The van der Waals surface area contributed by atoms with Gasteiger partial charge in [0, 0.05) is 27.6 Å². The van der Waals surface area contributed by atoms with Gasteiger partial charge in [0.15, 0.2) is 0 Å². The van der Waals surface area contributed by atoms with E-state index >= 15 is 0 Å². The first-order valence-corrected chi connectivity index (χ1v) is 15.4. The second-order valence-electron chi connectivity index (χ2n) is 11.4. The Labute approximate surface area is 309 Å². The molecule has 0 unspecified atom stereocenters. The monoisotopic (exact) mass is 640 g/mol. The number of furan rings is 1. The van der Waals surface area contributed by atoms with Crippen molar-refractivity contribution in [2.75, 3.05) is 0 Å². The highest BCUT2D eigenvalue weighted by Crippen LogP contribution is 2.52. The number of fused-ring (bicyclic) bond motifs is 6. The van der Waals surface area contributed by atoms with Crippen molar-refractivity contribution in [2.24, 2.45) is 0 Å². The van der Waals surface area contributed by atoms with Gasteiger partial charge >= 0.3 is 0 Å². The molecule has 1 aromatic heterocycles. The van der Waals surface area contributed by atoms with Gasteiger partial charge in [0.05, 0.1) is 24.7 Å². The zero-order valence-corrected chi connectivity index (χ0v) is 25.3. The quantitative estimate of drug-likeness (QED) is 0.138. The predicted octanol–water partition coefficient (Wildman–Crippen LogP) is 13.7. The lowest BCUT2D eigenvalue weighted by molar-refractivity contribution is 0.634. The highest BCUT2D eigenvalue weighted by molar-refractivity contribution is 6.26. The highest BCUT2D eigenvalue weighted by atomic mass is 16.3. The van der Waals surface area contributed by atoms with Crippen LogP contribution < -0.4 is 0 Å². The van der Waals surface area contributed by atoms with Crippen LogP contribution in [0.1, 0.15) is 24.7 Å². The Bertz CT molecular complexity index is 3770. The number of hydrogen-bond acceptors (Lipinski definition) is 1. The lowest BCUT2D eigenvalue weighted by Crippen LogP contribution is -1.92. The molecule has 0 bridgehead atoms. The average molecular weight is 641 g/mol. The molecule has 0 amide bonds. The first-order chi connectivity index (χ1) is 31.8. The maximum atomic E-state index is 9.65. The molecule has 228 valence electrons. The summed E-state index contributed by atoms with van der Waals surface area (Å²) in [6, 6.07) is 8.53. The van der Waals surface area contributed by atoms with Gasteiger partial charge in [-0.25, -0.2) is 0 Å². The Balaban J connectivity index is 1.55. The first kappa shape index (κ1) is 15.2. The molecule has 0 aliphatic heterocycles. The van der Waals surface area contributed by atoms with Gasteiger partial charge in [-0.05, 0) is 65.8 Å². The molecular weight excluding hydrogens is 593 g/mol. The summed E-state index contributed by atoms with van der Waals surface area (Å²) in [6.45, 7) is 0. The second kappa shape index (κ2) is 11.1. The van der Waals surface area contributed by atoms with Crippen molar-refractivity contribution >= 4 is 54.1 Å². The van der Waals surface area contributed by atoms with E-state index < -0.39 is 131 Å². The summed E-state index contributed by atoms with van der Waals surface area (Å²) in [5.41, 5.74) is -0.987. The number of benzene rings is 9. The summed E-state index contributed by atoms with van der Waals surface area (Å²) >= 11 is 0. The van der Waals surface area contributed by atoms with Crippen molar-refractivity contribution in [1.29, 1.82) is 0 Å². The Morgan fingerprint density at radius 2 is 0.898 bits per heavy atom. The molecule has 0 N–H and O–H groups in total. The number of hydrogen-bond donors (Lipinski definition) is 0. The van der Waals surface area contributed by atoms with E-state index in [2.05, 4.69) is 0 Å². The molecule has 0 atom stereocenters. The Hall–Kier alpha value is -6.44. The molecule has 49 heavy (non-hydrogen) atoms. The normalized spacial score (nSPS) is 16.8. The highest BCUT2D eigenvalue weighted by Gasteiger charge is 2.26. The average Bonchev–Trinajstić information content (AvgIpc) is 3.72. The van der Waals surface area contributed by atoms with E-state index in [4.69, 9.17) is 23.6 Å². The van der Waals surface area contributed by atoms with Crippen LogP contribution in [0, 0.1) is 0 Å². The minimum atomic E-state index is -0.797. The van der Waals surface area contributed by atoms with E-state index in [1.807, 2.05) is 48.5 Å². The predicted molar refractivity (Wildman–Crippen MR) is 208 cm³/mol. The third kappa shape index (κ3) is 4.26. The van der Waals surface area contributed by atoms with E-state index in [0.717, 1.165) is 16.2 Å². The molecule has 0 radical (unpaired) electrons. The van der Waals surface area contributed by atoms with Gasteiger partial charge in [-0.3, -0.25) is 0 Å². The van der Waals surface area contributed by atoms with E-state index in [1.165, 1.54) is 12.1 Å². The third-order valence-corrected chi connectivity index (χ3v) is 8.87. The SMILES string of the molecule is [2H]c1c([2H])c([2H])c(-c2cccc3c(-c4c5c([2H])c([2H])c([2H])c([2H])c5c(-c5c([2H])c([2H])c([2H])c([2H])c5[2H])c5c([2H])c([2H])c([2H])c([2H])c45)c(-c4cc5ccccc5c5ccccc45)oc23)c([2H])c1[2H]. The second-order valence-corrected chi connectivity index (χ2v) is 11.4. The first-order valence-electron chi connectivity index (χ1n) is 24.4. The van der Waals surface area contributed by atoms with Crippen LogP contribution in [0.15, 0.2) is 186 Å². The molecule has 0 aliphatic carbocycles. The van der Waals surface area contributed by atoms with Crippen molar-refractivity contribution < 1.29 is 29.1 Å². The van der Waals surface area contributed by atoms with E-state index in [9.17, 15) is 5.48 Å². The Morgan fingerprint density at radius 1 is 0.367 bits per heavy atom. The molecule has 0 spiro atoms. The minimum Gasteiger partial charge on any atom is -0.455 e. The van der Waals surface area contributed by atoms with Crippen LogP contribution in [0.4, 0.5) is 0 Å². The third-order valence-electron chi connectivity index (χ3n) is 8.87. The van der Waals surface area contributed by atoms with E-state index in [1.54, 1.807) is 12.1 Å². The Morgan fingerprint density at radius 3 is 1.57 bits per heavy atom. The maximum Gasteiger partial charge on any atom is 0.143 e. The molecule has 1 heteroatoms. The van der Waals surface area contributed by atoms with Crippen molar-refractivity contribution in [3.8, 4) is 44.7 Å². The largest absolute Gasteiger partial charge is 0.455 e. The summed E-state index contributed by atoms with van der Waals surface area (Å²) in [4.78, 5) is 0. The van der Waals surface area contributed by atoms with E-state index in [0.29, 0.717) is 10.9 Å². The lowest BCUT2D eigenvalue weighted by atomic mass is 9.84. The van der Waals surface area contributed by atoms with Gasteiger partial charge in [-0.1, -0.05) is 175 Å².